The van der Waals surface area contributed by atoms with Crippen molar-refractivity contribution in [2.24, 2.45) is 0 Å². The summed E-state index contributed by atoms with van der Waals surface area (Å²) in [6, 6.07) is 14.7. The Hall–Kier alpha value is -3.72. The Balaban J connectivity index is 1.35. The van der Waals surface area contributed by atoms with Crippen LogP contribution in [0.4, 0.5) is 5.69 Å². The number of hydrogen-bond acceptors (Lipinski definition) is 6. The number of anilines is 1. The van der Waals surface area contributed by atoms with Gasteiger partial charge in [-0.1, -0.05) is 24.3 Å². The molecule has 0 aliphatic heterocycles. The number of aromatic nitrogens is 3. The van der Waals surface area contributed by atoms with E-state index in [-0.39, 0.29) is 0 Å². The summed E-state index contributed by atoms with van der Waals surface area (Å²) in [6.07, 6.45) is 0.526. The van der Waals surface area contributed by atoms with E-state index < -0.39 is 11.8 Å². The molecule has 2 aromatic heterocycles. The van der Waals surface area contributed by atoms with Gasteiger partial charge in [0.2, 0.25) is 4.96 Å². The third kappa shape index (κ3) is 4.56. The van der Waals surface area contributed by atoms with E-state index in [2.05, 4.69) is 20.7 Å². The molecule has 0 atom stereocenters. The van der Waals surface area contributed by atoms with Crippen molar-refractivity contribution in [3.63, 3.8) is 0 Å². The number of nitrogens with zero attached hydrogens (tertiary/aromatic N) is 3. The lowest BCUT2D eigenvalue weighted by Crippen LogP contribution is -2.36. The highest BCUT2D eigenvalue weighted by atomic mass is 32.1. The first-order chi connectivity index (χ1) is 15.0. The van der Waals surface area contributed by atoms with Gasteiger partial charge in [0.15, 0.2) is 5.82 Å². The summed E-state index contributed by atoms with van der Waals surface area (Å²) in [5.41, 5.74) is 3.54. The van der Waals surface area contributed by atoms with E-state index in [1.807, 2.05) is 36.6 Å². The Morgan fingerprint density at radius 2 is 1.87 bits per heavy atom. The van der Waals surface area contributed by atoms with Crippen molar-refractivity contribution in [2.75, 3.05) is 19.0 Å². The van der Waals surface area contributed by atoms with Crippen molar-refractivity contribution in [1.29, 1.82) is 0 Å². The van der Waals surface area contributed by atoms with E-state index >= 15 is 0 Å². The number of carbonyl (C=O) groups excluding carboxylic acids is 2. The van der Waals surface area contributed by atoms with E-state index in [1.54, 1.807) is 35.9 Å². The number of rotatable bonds is 6. The van der Waals surface area contributed by atoms with Crippen LogP contribution in [-0.2, 0) is 16.0 Å². The molecule has 2 amide bonds. The first-order valence-corrected chi connectivity index (χ1v) is 10.6. The molecule has 0 bridgehead atoms. The van der Waals surface area contributed by atoms with Crippen molar-refractivity contribution in [2.45, 2.75) is 13.3 Å². The average Bonchev–Trinajstić information content (AvgIpc) is 3.36. The van der Waals surface area contributed by atoms with Crippen LogP contribution in [0.2, 0.25) is 0 Å². The lowest BCUT2D eigenvalue weighted by molar-refractivity contribution is -0.136. The number of benzene rings is 2. The van der Waals surface area contributed by atoms with Gasteiger partial charge in [-0.05, 0) is 36.8 Å². The maximum absolute atomic E-state index is 12.1. The molecule has 0 spiro atoms. The largest absolute Gasteiger partial charge is 0.497 e. The standard InChI is InChI=1S/C22H21N5O3S/c1-14-5-3-4-6-18(14)19-25-22-27(26-19)16(13-31-22)11-12-23-20(28)21(29)24-15-7-9-17(30-2)10-8-15/h3-10,13H,11-12H2,1-2H3,(H,23,28)(H,24,29). The van der Waals surface area contributed by atoms with Crippen molar-refractivity contribution < 1.29 is 14.3 Å². The third-order valence-electron chi connectivity index (χ3n) is 4.76. The van der Waals surface area contributed by atoms with Crippen LogP contribution < -0.4 is 15.4 Å². The van der Waals surface area contributed by atoms with Gasteiger partial charge >= 0.3 is 11.8 Å². The molecule has 0 aliphatic rings. The van der Waals surface area contributed by atoms with Gasteiger partial charge < -0.3 is 15.4 Å². The monoisotopic (exact) mass is 435 g/mol. The van der Waals surface area contributed by atoms with Crippen molar-refractivity contribution in [3.8, 4) is 17.1 Å². The highest BCUT2D eigenvalue weighted by Crippen LogP contribution is 2.23. The summed E-state index contributed by atoms with van der Waals surface area (Å²) < 4.78 is 6.86. The van der Waals surface area contributed by atoms with Crippen LogP contribution in [0.25, 0.3) is 16.3 Å². The van der Waals surface area contributed by atoms with Gasteiger partial charge in [0.05, 0.1) is 12.8 Å². The minimum Gasteiger partial charge on any atom is -0.497 e. The van der Waals surface area contributed by atoms with Crippen LogP contribution in [0, 0.1) is 6.92 Å². The average molecular weight is 436 g/mol. The molecule has 0 fully saturated rings. The molecule has 9 heteroatoms. The molecule has 0 unspecified atom stereocenters. The number of nitrogens with one attached hydrogen (secondary N) is 2. The van der Waals surface area contributed by atoms with Gasteiger partial charge in [0.25, 0.3) is 0 Å². The third-order valence-corrected chi connectivity index (χ3v) is 5.62. The van der Waals surface area contributed by atoms with E-state index in [0.717, 1.165) is 21.8 Å². The fourth-order valence-corrected chi connectivity index (χ4v) is 3.94. The second-order valence-corrected chi connectivity index (χ2v) is 7.70. The molecule has 0 saturated heterocycles. The number of methoxy groups -OCH3 is 1. The molecule has 2 N–H and O–H groups in total. The van der Waals surface area contributed by atoms with E-state index in [9.17, 15) is 9.59 Å². The summed E-state index contributed by atoms with van der Waals surface area (Å²) >= 11 is 1.49. The zero-order chi connectivity index (χ0) is 21.8. The minimum absolute atomic E-state index is 0.306. The van der Waals surface area contributed by atoms with Crippen LogP contribution in [0.15, 0.2) is 53.9 Å². The smallest absolute Gasteiger partial charge is 0.313 e. The molecule has 31 heavy (non-hydrogen) atoms. The van der Waals surface area contributed by atoms with Gasteiger partial charge in [0.1, 0.15) is 5.75 Å². The fraction of sp³-hybridized carbons (Fsp3) is 0.182. The molecular formula is C22H21N5O3S. The number of fused-ring (bicyclic) bond motifs is 1. The molecule has 0 saturated carbocycles. The Labute approximate surface area is 182 Å². The summed E-state index contributed by atoms with van der Waals surface area (Å²) in [6.45, 7) is 2.33. The minimum atomic E-state index is -0.719. The molecule has 0 aliphatic carbocycles. The van der Waals surface area contributed by atoms with Crippen LogP contribution in [-0.4, -0.2) is 40.1 Å². The van der Waals surface area contributed by atoms with Gasteiger partial charge in [0, 0.05) is 29.6 Å². The van der Waals surface area contributed by atoms with E-state index in [4.69, 9.17) is 4.74 Å². The number of thiazole rings is 1. The molecule has 0 radical (unpaired) electrons. The van der Waals surface area contributed by atoms with Gasteiger partial charge in [-0.25, -0.2) is 4.52 Å². The molecule has 158 valence electrons. The highest BCUT2D eigenvalue weighted by Gasteiger charge is 2.15. The molecule has 4 aromatic rings. The second kappa shape index (κ2) is 8.97. The van der Waals surface area contributed by atoms with E-state index in [1.165, 1.54) is 11.3 Å². The predicted molar refractivity (Wildman–Crippen MR) is 119 cm³/mol. The number of ether oxygens (including phenoxy) is 1. The normalized spacial score (nSPS) is 10.8. The van der Waals surface area contributed by atoms with Crippen molar-refractivity contribution >= 4 is 33.8 Å². The summed E-state index contributed by atoms with van der Waals surface area (Å²) in [5, 5.41) is 11.8. The maximum atomic E-state index is 12.1. The highest BCUT2D eigenvalue weighted by molar-refractivity contribution is 7.15. The quantitative estimate of drug-likeness (QED) is 0.454. The van der Waals surface area contributed by atoms with Crippen LogP contribution >= 0.6 is 11.3 Å². The van der Waals surface area contributed by atoms with Crippen molar-refractivity contribution in [3.05, 3.63) is 65.2 Å². The number of amides is 2. The van der Waals surface area contributed by atoms with Gasteiger partial charge in [-0.2, -0.15) is 4.98 Å². The molecule has 2 heterocycles. The summed E-state index contributed by atoms with van der Waals surface area (Å²) in [5.74, 6) is -0.0676. The SMILES string of the molecule is COc1ccc(NC(=O)C(=O)NCCc2csc3nc(-c4ccccc4C)nn23)cc1. The summed E-state index contributed by atoms with van der Waals surface area (Å²) in [4.78, 5) is 29.6. The first kappa shape index (κ1) is 20.5. The van der Waals surface area contributed by atoms with Crippen molar-refractivity contribution in [1.82, 2.24) is 19.9 Å². The number of carbonyl (C=O) groups is 2. The molecular weight excluding hydrogens is 414 g/mol. The Bertz CT molecular complexity index is 1230. The van der Waals surface area contributed by atoms with Gasteiger partial charge in [-0.15, -0.1) is 16.4 Å². The number of hydrogen-bond donors (Lipinski definition) is 2. The zero-order valence-electron chi connectivity index (χ0n) is 17.1. The first-order valence-electron chi connectivity index (χ1n) is 9.67. The topological polar surface area (TPSA) is 97.6 Å². The molecule has 2 aromatic carbocycles. The van der Waals surface area contributed by atoms with Crippen LogP contribution in [0.5, 0.6) is 5.75 Å². The lowest BCUT2D eigenvalue weighted by Gasteiger charge is -2.07. The Morgan fingerprint density at radius 1 is 1.10 bits per heavy atom. The Kier molecular flexibility index (Phi) is 5.94. The summed E-state index contributed by atoms with van der Waals surface area (Å²) in [7, 11) is 1.56. The number of aryl methyl sites for hydroxylation is 1. The maximum Gasteiger partial charge on any atom is 0.313 e. The zero-order valence-corrected chi connectivity index (χ0v) is 17.9. The van der Waals surface area contributed by atoms with Gasteiger partial charge in [-0.3, -0.25) is 9.59 Å². The Morgan fingerprint density at radius 3 is 2.61 bits per heavy atom. The van der Waals surface area contributed by atoms with Crippen LogP contribution in [0.1, 0.15) is 11.3 Å². The predicted octanol–water partition coefficient (Wildman–Crippen LogP) is 3.07. The lowest BCUT2D eigenvalue weighted by atomic mass is 10.1. The fourth-order valence-electron chi connectivity index (χ4n) is 3.08. The molecule has 4 rings (SSSR count). The van der Waals surface area contributed by atoms with E-state index in [0.29, 0.717) is 30.2 Å². The molecule has 8 nitrogen and oxygen atoms in total. The second-order valence-electron chi connectivity index (χ2n) is 6.86. The van der Waals surface area contributed by atoms with Crippen LogP contribution in [0.3, 0.4) is 0 Å².